The molecule has 1 aromatic carbocycles. The van der Waals surface area contributed by atoms with Crippen molar-refractivity contribution in [3.8, 4) is 11.5 Å². The number of hydrogen-bond donors (Lipinski definition) is 1. The zero-order valence-corrected chi connectivity index (χ0v) is 15.2. The van der Waals surface area contributed by atoms with Crippen molar-refractivity contribution in [3.05, 3.63) is 34.4 Å². The third kappa shape index (κ3) is 5.07. The first-order chi connectivity index (χ1) is 12.4. The number of benzene rings is 1. The predicted octanol–water partition coefficient (Wildman–Crippen LogP) is 4.42. The van der Waals surface area contributed by atoms with Crippen molar-refractivity contribution in [2.45, 2.75) is 32.4 Å². The van der Waals surface area contributed by atoms with Gasteiger partial charge >= 0.3 is 6.18 Å². The molecule has 142 valence electrons. The lowest BCUT2D eigenvalue weighted by Gasteiger charge is -2.11. The Morgan fingerprint density at radius 3 is 2.73 bits per heavy atom. The highest BCUT2D eigenvalue weighted by Crippen LogP contribution is 2.29. The van der Waals surface area contributed by atoms with E-state index in [4.69, 9.17) is 21.7 Å². The monoisotopic (exact) mass is 388 g/mol. The molecule has 0 saturated carbocycles. The van der Waals surface area contributed by atoms with Crippen molar-refractivity contribution in [1.82, 2.24) is 14.9 Å². The van der Waals surface area contributed by atoms with Crippen LogP contribution in [-0.4, -0.2) is 34.8 Å². The Balaban J connectivity index is 2.19. The topological polar surface area (TPSA) is 64.4 Å². The quantitative estimate of drug-likeness (QED) is 0.413. The average molecular weight is 388 g/mol. The van der Waals surface area contributed by atoms with Crippen LogP contribution in [0.3, 0.4) is 0 Å². The smallest absolute Gasteiger partial charge is 0.453 e. The second-order valence-electron chi connectivity index (χ2n) is 5.37. The minimum atomic E-state index is -4.67. The molecule has 0 radical (unpaired) electrons. The minimum Gasteiger partial charge on any atom is -0.493 e. The van der Waals surface area contributed by atoms with E-state index in [2.05, 4.69) is 22.2 Å². The molecule has 26 heavy (non-hydrogen) atoms. The Morgan fingerprint density at radius 2 is 2.08 bits per heavy atom. The molecule has 0 fully saturated rings. The van der Waals surface area contributed by atoms with Crippen molar-refractivity contribution in [2.24, 2.45) is 5.10 Å². The summed E-state index contributed by atoms with van der Waals surface area (Å²) in [6, 6.07) is 4.97. The summed E-state index contributed by atoms with van der Waals surface area (Å²) in [6.45, 7) is 2.67. The van der Waals surface area contributed by atoms with Gasteiger partial charge in [-0.2, -0.15) is 22.9 Å². The zero-order valence-electron chi connectivity index (χ0n) is 14.3. The summed E-state index contributed by atoms with van der Waals surface area (Å²) in [4.78, 5) is 0. The summed E-state index contributed by atoms with van der Waals surface area (Å²) in [5, 5.41) is 9.01. The van der Waals surface area contributed by atoms with E-state index < -0.39 is 12.0 Å². The third-order valence-corrected chi connectivity index (χ3v) is 3.68. The van der Waals surface area contributed by atoms with Crippen molar-refractivity contribution in [2.75, 3.05) is 13.7 Å². The highest BCUT2D eigenvalue weighted by Gasteiger charge is 2.37. The molecule has 0 aliphatic heterocycles. The Bertz CT molecular complexity index is 815. The second kappa shape index (κ2) is 8.84. The number of nitrogens with one attached hydrogen (secondary N) is 1. The maximum absolute atomic E-state index is 12.9. The number of alkyl halides is 3. The van der Waals surface area contributed by atoms with Gasteiger partial charge in [-0.25, -0.2) is 5.10 Å². The molecule has 10 heteroatoms. The predicted molar refractivity (Wildman–Crippen MR) is 93.4 cm³/mol. The van der Waals surface area contributed by atoms with E-state index in [0.717, 1.165) is 19.3 Å². The van der Waals surface area contributed by atoms with Crippen LogP contribution in [0.15, 0.2) is 23.3 Å². The van der Waals surface area contributed by atoms with E-state index in [1.807, 2.05) is 0 Å². The number of halogens is 3. The van der Waals surface area contributed by atoms with E-state index >= 15 is 0 Å². The van der Waals surface area contributed by atoms with E-state index in [1.165, 1.54) is 13.3 Å². The first-order valence-corrected chi connectivity index (χ1v) is 8.37. The summed E-state index contributed by atoms with van der Waals surface area (Å²) in [6.07, 6.45) is -0.337. The molecule has 0 spiro atoms. The molecule has 0 saturated heterocycles. The molecule has 0 bridgehead atoms. The SMILES string of the molecule is CCCCCOc1ccc(/C=N\n2c(C(F)(F)F)n[nH]c2=S)cc1OC. The van der Waals surface area contributed by atoms with Crippen LogP contribution in [0.4, 0.5) is 13.2 Å². The number of rotatable bonds is 8. The number of aromatic amines is 1. The van der Waals surface area contributed by atoms with Gasteiger partial charge in [0.1, 0.15) is 0 Å². The Morgan fingerprint density at radius 1 is 1.31 bits per heavy atom. The lowest BCUT2D eigenvalue weighted by atomic mass is 10.2. The van der Waals surface area contributed by atoms with Gasteiger partial charge in [0.15, 0.2) is 11.5 Å². The van der Waals surface area contributed by atoms with Crippen LogP contribution in [0.1, 0.15) is 37.6 Å². The van der Waals surface area contributed by atoms with Gasteiger partial charge < -0.3 is 9.47 Å². The molecule has 0 amide bonds. The maximum atomic E-state index is 12.9. The molecule has 0 atom stereocenters. The summed E-state index contributed by atoms with van der Waals surface area (Å²) in [5.74, 6) is -0.185. The van der Waals surface area contributed by atoms with Crippen LogP contribution in [0.2, 0.25) is 0 Å². The van der Waals surface area contributed by atoms with Crippen LogP contribution in [-0.2, 0) is 6.18 Å². The highest BCUT2D eigenvalue weighted by molar-refractivity contribution is 7.71. The van der Waals surface area contributed by atoms with Gasteiger partial charge in [0.25, 0.3) is 5.82 Å². The second-order valence-corrected chi connectivity index (χ2v) is 5.76. The number of ether oxygens (including phenoxy) is 2. The van der Waals surface area contributed by atoms with Crippen LogP contribution in [0.25, 0.3) is 0 Å². The van der Waals surface area contributed by atoms with Crippen molar-refractivity contribution < 1.29 is 22.6 Å². The Labute approximate surface area is 153 Å². The molecule has 2 rings (SSSR count). The molecule has 2 aromatic rings. The van der Waals surface area contributed by atoms with Gasteiger partial charge in [-0.1, -0.05) is 19.8 Å². The van der Waals surface area contributed by atoms with Crippen molar-refractivity contribution >= 4 is 18.4 Å². The lowest BCUT2D eigenvalue weighted by Crippen LogP contribution is -2.12. The standard InChI is InChI=1S/C16H19F3N4O2S/c1-3-4-5-8-25-12-7-6-11(9-13(12)24-2)10-20-23-14(16(17,18)19)21-22-15(23)26/h6-7,9-10H,3-5,8H2,1-2H3,(H,22,26)/b20-10-. The van der Waals surface area contributed by atoms with Gasteiger partial charge in [0, 0.05) is 0 Å². The Hall–Kier alpha value is -2.36. The minimum absolute atomic E-state index is 0.253. The number of aromatic nitrogens is 3. The molecule has 0 unspecified atom stereocenters. The van der Waals surface area contributed by atoms with Crippen molar-refractivity contribution in [1.29, 1.82) is 0 Å². The molecular weight excluding hydrogens is 369 g/mol. The van der Waals surface area contributed by atoms with E-state index in [9.17, 15) is 13.2 Å². The zero-order chi connectivity index (χ0) is 19.2. The third-order valence-electron chi connectivity index (χ3n) is 3.42. The molecule has 6 nitrogen and oxygen atoms in total. The number of unbranched alkanes of at least 4 members (excludes halogenated alkanes) is 2. The maximum Gasteiger partial charge on any atom is 0.453 e. The van der Waals surface area contributed by atoms with Crippen LogP contribution in [0.5, 0.6) is 11.5 Å². The van der Waals surface area contributed by atoms with Crippen molar-refractivity contribution in [3.63, 3.8) is 0 Å². The van der Waals surface area contributed by atoms with Gasteiger partial charge in [0.05, 0.1) is 19.9 Å². The average Bonchev–Trinajstić information content (AvgIpc) is 2.98. The lowest BCUT2D eigenvalue weighted by molar-refractivity contribution is -0.147. The van der Waals surface area contributed by atoms with Gasteiger partial charge in [-0.05, 0) is 42.4 Å². The summed E-state index contributed by atoms with van der Waals surface area (Å²) >= 11 is 4.78. The molecule has 1 N–H and O–H groups in total. The van der Waals surface area contributed by atoms with Gasteiger partial charge in [-0.3, -0.25) is 0 Å². The number of H-pyrrole nitrogens is 1. The van der Waals surface area contributed by atoms with Crippen LogP contribution >= 0.6 is 12.2 Å². The van der Waals surface area contributed by atoms with E-state index in [-0.39, 0.29) is 4.77 Å². The summed E-state index contributed by atoms with van der Waals surface area (Å²) in [7, 11) is 1.49. The highest BCUT2D eigenvalue weighted by atomic mass is 32.1. The number of nitrogens with zero attached hydrogens (tertiary/aromatic N) is 3. The van der Waals surface area contributed by atoms with Crippen LogP contribution < -0.4 is 9.47 Å². The fourth-order valence-corrected chi connectivity index (χ4v) is 2.30. The molecule has 0 aliphatic carbocycles. The number of methoxy groups -OCH3 is 1. The Kier molecular flexibility index (Phi) is 6.78. The summed E-state index contributed by atoms with van der Waals surface area (Å²) < 4.78 is 49.8. The summed E-state index contributed by atoms with van der Waals surface area (Å²) in [5.41, 5.74) is 0.527. The van der Waals surface area contributed by atoms with Gasteiger partial charge in [-0.15, -0.1) is 5.10 Å². The fraction of sp³-hybridized carbons (Fsp3) is 0.438. The fourth-order valence-electron chi connectivity index (χ4n) is 2.12. The first kappa shape index (κ1) is 20.0. The molecule has 0 aliphatic rings. The largest absolute Gasteiger partial charge is 0.493 e. The van der Waals surface area contributed by atoms with E-state index in [0.29, 0.717) is 28.3 Å². The van der Waals surface area contributed by atoms with Crippen LogP contribution in [0, 0.1) is 4.77 Å². The normalized spacial score (nSPS) is 11.9. The molecule has 1 heterocycles. The number of hydrogen-bond acceptors (Lipinski definition) is 5. The molecular formula is C16H19F3N4O2S. The molecule has 1 aromatic heterocycles. The first-order valence-electron chi connectivity index (χ1n) is 7.96. The van der Waals surface area contributed by atoms with Gasteiger partial charge in [0.2, 0.25) is 4.77 Å². The van der Waals surface area contributed by atoms with E-state index in [1.54, 1.807) is 18.2 Å².